The van der Waals surface area contributed by atoms with E-state index in [2.05, 4.69) is 17.1 Å². The maximum absolute atomic E-state index is 11.2. The van der Waals surface area contributed by atoms with E-state index in [1.54, 1.807) is 4.57 Å². The zero-order valence-corrected chi connectivity index (χ0v) is 10.0. The molecule has 1 atom stereocenters. The first-order chi connectivity index (χ1) is 7.19. The van der Waals surface area contributed by atoms with E-state index in [1.165, 1.54) is 11.8 Å². The van der Waals surface area contributed by atoms with Crippen molar-refractivity contribution in [3.05, 3.63) is 10.5 Å². The largest absolute Gasteiger partial charge is 0.343 e. The standard InChI is InChI=1S/C9H18N4OS/c1-3-5-7(10)6-15-9-12-11-8(14)13(9)4-2/h7H,3-6,10H2,1-2H3,(H,11,14). The molecule has 6 heteroatoms. The Hall–Kier alpha value is -0.750. The molecule has 0 radical (unpaired) electrons. The summed E-state index contributed by atoms with van der Waals surface area (Å²) in [5, 5.41) is 7.12. The molecule has 1 rings (SSSR count). The average Bonchev–Trinajstić information content (AvgIpc) is 2.56. The van der Waals surface area contributed by atoms with E-state index in [1.807, 2.05) is 6.92 Å². The summed E-state index contributed by atoms with van der Waals surface area (Å²) in [4.78, 5) is 11.2. The third kappa shape index (κ3) is 3.39. The Kier molecular flexibility index (Phi) is 4.90. The van der Waals surface area contributed by atoms with Crippen LogP contribution in [0.15, 0.2) is 9.95 Å². The molecule has 0 saturated heterocycles. The van der Waals surface area contributed by atoms with Gasteiger partial charge < -0.3 is 5.73 Å². The molecule has 0 bridgehead atoms. The molecule has 1 aromatic rings. The Morgan fingerprint density at radius 2 is 2.33 bits per heavy atom. The van der Waals surface area contributed by atoms with Crippen LogP contribution in [-0.4, -0.2) is 26.6 Å². The van der Waals surface area contributed by atoms with Gasteiger partial charge >= 0.3 is 5.69 Å². The summed E-state index contributed by atoms with van der Waals surface area (Å²) < 4.78 is 1.61. The molecule has 0 spiro atoms. The minimum atomic E-state index is -0.149. The summed E-state index contributed by atoms with van der Waals surface area (Å²) in [7, 11) is 0. The number of aromatic nitrogens is 3. The van der Waals surface area contributed by atoms with Gasteiger partial charge in [0.1, 0.15) is 0 Å². The molecular formula is C9H18N4OS. The van der Waals surface area contributed by atoms with Crippen LogP contribution < -0.4 is 11.4 Å². The van der Waals surface area contributed by atoms with Gasteiger partial charge in [0.05, 0.1) is 0 Å². The van der Waals surface area contributed by atoms with Crippen molar-refractivity contribution in [2.45, 2.75) is 44.4 Å². The van der Waals surface area contributed by atoms with Gasteiger partial charge in [0.2, 0.25) is 0 Å². The first kappa shape index (κ1) is 12.3. The maximum atomic E-state index is 11.2. The summed E-state index contributed by atoms with van der Waals surface area (Å²) >= 11 is 1.54. The average molecular weight is 230 g/mol. The number of hydrogen-bond acceptors (Lipinski definition) is 4. The lowest BCUT2D eigenvalue weighted by Gasteiger charge is -2.08. The lowest BCUT2D eigenvalue weighted by molar-refractivity contribution is 0.646. The number of hydrogen-bond donors (Lipinski definition) is 2. The number of nitrogens with one attached hydrogen (secondary N) is 1. The molecule has 0 amide bonds. The summed E-state index contributed by atoms with van der Waals surface area (Å²) in [5.41, 5.74) is 5.74. The maximum Gasteiger partial charge on any atom is 0.343 e. The molecule has 0 aliphatic carbocycles. The Bertz CT molecular complexity index is 346. The van der Waals surface area contributed by atoms with E-state index in [-0.39, 0.29) is 11.7 Å². The van der Waals surface area contributed by atoms with E-state index in [0.717, 1.165) is 23.8 Å². The van der Waals surface area contributed by atoms with Gasteiger partial charge in [-0.3, -0.25) is 4.57 Å². The van der Waals surface area contributed by atoms with Crippen LogP contribution in [0.2, 0.25) is 0 Å². The van der Waals surface area contributed by atoms with Crippen LogP contribution in [0.25, 0.3) is 0 Å². The Morgan fingerprint density at radius 3 is 2.93 bits per heavy atom. The minimum absolute atomic E-state index is 0.149. The van der Waals surface area contributed by atoms with E-state index < -0.39 is 0 Å². The van der Waals surface area contributed by atoms with Gasteiger partial charge in [-0.15, -0.1) is 5.10 Å². The number of nitrogens with two attached hydrogens (primary N) is 1. The Balaban J connectivity index is 2.53. The second kappa shape index (κ2) is 5.97. The highest BCUT2D eigenvalue weighted by Gasteiger charge is 2.09. The number of aromatic amines is 1. The molecule has 3 N–H and O–H groups in total. The van der Waals surface area contributed by atoms with Crippen molar-refractivity contribution in [2.75, 3.05) is 5.75 Å². The van der Waals surface area contributed by atoms with Gasteiger partial charge in [0.15, 0.2) is 5.16 Å². The van der Waals surface area contributed by atoms with Crippen molar-refractivity contribution in [1.82, 2.24) is 14.8 Å². The molecule has 1 heterocycles. The second-order valence-corrected chi connectivity index (χ2v) is 4.40. The molecule has 0 aliphatic rings. The Labute approximate surface area is 93.4 Å². The number of thioether (sulfide) groups is 1. The third-order valence-electron chi connectivity index (χ3n) is 2.13. The zero-order chi connectivity index (χ0) is 11.3. The highest BCUT2D eigenvalue weighted by molar-refractivity contribution is 7.99. The van der Waals surface area contributed by atoms with Crippen LogP contribution in [0.5, 0.6) is 0 Å². The minimum Gasteiger partial charge on any atom is -0.327 e. The van der Waals surface area contributed by atoms with Crippen LogP contribution >= 0.6 is 11.8 Å². The van der Waals surface area contributed by atoms with Crippen molar-refractivity contribution >= 4 is 11.8 Å². The molecule has 5 nitrogen and oxygen atoms in total. The summed E-state index contributed by atoms with van der Waals surface area (Å²) in [5.74, 6) is 0.804. The highest BCUT2D eigenvalue weighted by atomic mass is 32.2. The monoisotopic (exact) mass is 230 g/mol. The topological polar surface area (TPSA) is 76.7 Å². The van der Waals surface area contributed by atoms with Gasteiger partial charge in [-0.05, 0) is 13.3 Å². The van der Waals surface area contributed by atoms with Crippen LogP contribution in [0, 0.1) is 0 Å². The number of rotatable bonds is 6. The van der Waals surface area contributed by atoms with Gasteiger partial charge in [-0.1, -0.05) is 25.1 Å². The predicted octanol–water partition coefficient (Wildman–Crippen LogP) is 0.811. The van der Waals surface area contributed by atoms with Crippen molar-refractivity contribution < 1.29 is 0 Å². The van der Waals surface area contributed by atoms with Gasteiger partial charge in [-0.2, -0.15) is 0 Å². The van der Waals surface area contributed by atoms with Gasteiger partial charge in [0.25, 0.3) is 0 Å². The fourth-order valence-electron chi connectivity index (χ4n) is 1.33. The first-order valence-corrected chi connectivity index (χ1v) is 6.21. The normalized spacial score (nSPS) is 13.0. The van der Waals surface area contributed by atoms with Gasteiger partial charge in [-0.25, -0.2) is 9.89 Å². The predicted molar refractivity (Wildman–Crippen MR) is 62.1 cm³/mol. The van der Waals surface area contributed by atoms with Crippen LogP contribution in [0.3, 0.4) is 0 Å². The lowest BCUT2D eigenvalue weighted by Crippen LogP contribution is -2.23. The summed E-state index contributed by atoms with van der Waals surface area (Å²) in [6, 6.07) is 0.178. The van der Waals surface area contributed by atoms with Gasteiger partial charge in [0, 0.05) is 18.3 Å². The molecule has 0 aliphatic heterocycles. The molecule has 0 saturated carbocycles. The molecular weight excluding hydrogens is 212 g/mol. The Morgan fingerprint density at radius 1 is 1.60 bits per heavy atom. The van der Waals surface area contributed by atoms with E-state index in [0.29, 0.717) is 6.54 Å². The van der Waals surface area contributed by atoms with Crippen LogP contribution in [0.4, 0.5) is 0 Å². The lowest BCUT2D eigenvalue weighted by atomic mass is 10.2. The van der Waals surface area contributed by atoms with Crippen molar-refractivity contribution in [2.24, 2.45) is 5.73 Å². The summed E-state index contributed by atoms with van der Waals surface area (Å²) in [6.07, 6.45) is 2.09. The number of H-pyrrole nitrogens is 1. The smallest absolute Gasteiger partial charge is 0.327 e. The van der Waals surface area contributed by atoms with Crippen LogP contribution in [0.1, 0.15) is 26.7 Å². The zero-order valence-electron chi connectivity index (χ0n) is 9.19. The second-order valence-electron chi connectivity index (χ2n) is 3.42. The molecule has 0 fully saturated rings. The molecule has 15 heavy (non-hydrogen) atoms. The molecule has 1 aromatic heterocycles. The van der Waals surface area contributed by atoms with Crippen molar-refractivity contribution in [3.8, 4) is 0 Å². The van der Waals surface area contributed by atoms with Crippen molar-refractivity contribution in [1.29, 1.82) is 0 Å². The fraction of sp³-hybridized carbons (Fsp3) is 0.778. The summed E-state index contributed by atoms with van der Waals surface area (Å²) in [6.45, 7) is 4.68. The van der Waals surface area contributed by atoms with Crippen LogP contribution in [-0.2, 0) is 6.54 Å². The van der Waals surface area contributed by atoms with Crippen molar-refractivity contribution in [3.63, 3.8) is 0 Å². The van der Waals surface area contributed by atoms with E-state index in [4.69, 9.17) is 5.73 Å². The third-order valence-corrected chi connectivity index (χ3v) is 3.29. The SMILES string of the molecule is CCCC(N)CSc1n[nH]c(=O)n1CC. The van der Waals surface area contributed by atoms with E-state index in [9.17, 15) is 4.79 Å². The molecule has 0 aromatic carbocycles. The quantitative estimate of drug-likeness (QED) is 0.709. The van der Waals surface area contributed by atoms with E-state index >= 15 is 0 Å². The number of nitrogens with zero attached hydrogens (tertiary/aromatic N) is 2. The highest BCUT2D eigenvalue weighted by Crippen LogP contribution is 2.14. The first-order valence-electron chi connectivity index (χ1n) is 5.22. The fourth-order valence-corrected chi connectivity index (χ4v) is 2.34. The molecule has 1 unspecified atom stereocenters. The molecule has 86 valence electrons.